The van der Waals surface area contributed by atoms with E-state index in [0.29, 0.717) is 37.1 Å². The fourth-order valence-corrected chi connectivity index (χ4v) is 6.93. The molecule has 0 radical (unpaired) electrons. The lowest BCUT2D eigenvalue weighted by molar-refractivity contribution is -0.00700. The number of benzene rings is 1. The quantitative estimate of drug-likeness (QED) is 0.347. The van der Waals surface area contributed by atoms with Crippen molar-refractivity contribution in [1.82, 2.24) is 0 Å². The third-order valence-corrected chi connectivity index (χ3v) is 8.22. The molecule has 162 valence electrons. The predicted octanol–water partition coefficient (Wildman–Crippen LogP) is 6.34. The van der Waals surface area contributed by atoms with Gasteiger partial charge >= 0.3 is 8.56 Å². The molecule has 29 heavy (non-hydrogen) atoms. The molecule has 0 bridgehead atoms. The van der Waals surface area contributed by atoms with Crippen LogP contribution in [0.25, 0.3) is 0 Å². The van der Waals surface area contributed by atoms with Crippen LogP contribution in [0.4, 0.5) is 0 Å². The third kappa shape index (κ3) is 6.78. The van der Waals surface area contributed by atoms with Gasteiger partial charge in [0.15, 0.2) is 0 Å². The molecule has 2 aliphatic carbocycles. The number of hydrogen-bond donors (Lipinski definition) is 0. The Morgan fingerprint density at radius 1 is 1.03 bits per heavy atom. The standard InChI is InChI=1S/C25H40O3Si/c1-19(2)23-15-14-20(3)16-25(23)28-29(4,5)27-24-13-9-12-22(24)18-26-17-21-10-7-6-8-11-21/h6-12,19-20,22-25H,13-18H2,1-5H3/t20-,22-,23+,24-,25-/m1/s1. The van der Waals surface area contributed by atoms with Crippen molar-refractivity contribution in [2.24, 2.45) is 23.7 Å². The summed E-state index contributed by atoms with van der Waals surface area (Å²) < 4.78 is 19.4. The maximum Gasteiger partial charge on any atom is 0.332 e. The van der Waals surface area contributed by atoms with Gasteiger partial charge in [-0.1, -0.05) is 69.7 Å². The predicted molar refractivity (Wildman–Crippen MR) is 122 cm³/mol. The molecule has 0 unspecified atom stereocenters. The van der Waals surface area contributed by atoms with Gasteiger partial charge < -0.3 is 13.6 Å². The van der Waals surface area contributed by atoms with E-state index in [2.05, 4.69) is 70.3 Å². The molecule has 0 heterocycles. The largest absolute Gasteiger partial charge is 0.391 e. The third-order valence-electron chi connectivity index (χ3n) is 6.48. The van der Waals surface area contributed by atoms with Gasteiger partial charge in [0.25, 0.3) is 0 Å². The number of ether oxygens (including phenoxy) is 1. The fraction of sp³-hybridized carbons (Fsp3) is 0.680. The van der Waals surface area contributed by atoms with Crippen LogP contribution >= 0.6 is 0 Å². The smallest absolute Gasteiger partial charge is 0.332 e. The first kappa shape index (κ1) is 22.7. The molecule has 4 heteroatoms. The lowest BCUT2D eigenvalue weighted by Crippen LogP contribution is -2.47. The molecule has 5 atom stereocenters. The zero-order valence-electron chi connectivity index (χ0n) is 19.0. The van der Waals surface area contributed by atoms with Crippen molar-refractivity contribution in [3.8, 4) is 0 Å². The second-order valence-corrected chi connectivity index (χ2v) is 13.1. The minimum Gasteiger partial charge on any atom is -0.391 e. The lowest BCUT2D eigenvalue weighted by atomic mass is 9.75. The molecule has 1 fully saturated rings. The Labute approximate surface area is 179 Å². The first-order valence-electron chi connectivity index (χ1n) is 11.5. The minimum atomic E-state index is -2.21. The minimum absolute atomic E-state index is 0.186. The van der Waals surface area contributed by atoms with Crippen molar-refractivity contribution < 1.29 is 13.6 Å². The highest BCUT2D eigenvalue weighted by Gasteiger charge is 2.40. The molecule has 1 aromatic rings. The average Bonchev–Trinajstić information content (AvgIpc) is 3.08. The SMILES string of the molecule is CC(C)[C@@H]1CC[C@@H](C)C[C@H]1O[Si](C)(C)O[C@@H]1CC=C[C@@H]1COCc1ccccc1. The first-order valence-corrected chi connectivity index (χ1v) is 14.3. The highest BCUT2D eigenvalue weighted by Crippen LogP contribution is 2.37. The zero-order chi connectivity index (χ0) is 20.9. The van der Waals surface area contributed by atoms with Gasteiger partial charge in [-0.3, -0.25) is 0 Å². The maximum atomic E-state index is 6.76. The van der Waals surface area contributed by atoms with E-state index < -0.39 is 8.56 Å². The Kier molecular flexibility index (Phi) is 8.14. The second kappa shape index (κ2) is 10.4. The molecule has 1 saturated carbocycles. The lowest BCUT2D eigenvalue weighted by Gasteiger charge is -2.41. The van der Waals surface area contributed by atoms with E-state index >= 15 is 0 Å². The molecule has 0 N–H and O–H groups in total. The average molecular weight is 417 g/mol. The molecule has 0 aliphatic heterocycles. The van der Waals surface area contributed by atoms with Crippen LogP contribution in [0.3, 0.4) is 0 Å². The Morgan fingerprint density at radius 2 is 1.76 bits per heavy atom. The maximum absolute atomic E-state index is 6.76. The van der Waals surface area contributed by atoms with Crippen LogP contribution in [0, 0.1) is 23.7 Å². The summed E-state index contributed by atoms with van der Waals surface area (Å²) in [5, 5.41) is 0. The molecule has 2 aliphatic rings. The summed E-state index contributed by atoms with van der Waals surface area (Å²) in [6, 6.07) is 10.4. The van der Waals surface area contributed by atoms with E-state index in [1.807, 2.05) is 6.07 Å². The summed E-state index contributed by atoms with van der Waals surface area (Å²) in [5.74, 6) is 2.41. The van der Waals surface area contributed by atoms with Crippen LogP contribution in [0.1, 0.15) is 52.0 Å². The van der Waals surface area contributed by atoms with Crippen LogP contribution in [0.15, 0.2) is 42.5 Å². The van der Waals surface area contributed by atoms with Crippen LogP contribution in [-0.2, 0) is 20.2 Å². The molecule has 1 aromatic carbocycles. The molecule has 0 aromatic heterocycles. The van der Waals surface area contributed by atoms with E-state index in [4.69, 9.17) is 13.6 Å². The van der Waals surface area contributed by atoms with Gasteiger partial charge in [-0.25, -0.2) is 0 Å². The highest BCUT2D eigenvalue weighted by atomic mass is 28.4. The Hall–Kier alpha value is -0.943. The Balaban J connectivity index is 1.51. The first-order chi connectivity index (χ1) is 13.8. The van der Waals surface area contributed by atoms with E-state index in [1.54, 1.807) is 0 Å². The van der Waals surface area contributed by atoms with Gasteiger partial charge in [0.1, 0.15) is 0 Å². The van der Waals surface area contributed by atoms with Crippen LogP contribution < -0.4 is 0 Å². The molecular formula is C25H40O3Si. The zero-order valence-corrected chi connectivity index (χ0v) is 20.0. The normalized spacial score (nSPS) is 30.2. The molecular weight excluding hydrogens is 376 g/mol. The van der Waals surface area contributed by atoms with Gasteiger partial charge in [0.2, 0.25) is 0 Å². The van der Waals surface area contributed by atoms with Crippen molar-refractivity contribution in [1.29, 1.82) is 0 Å². The topological polar surface area (TPSA) is 27.7 Å². The van der Waals surface area contributed by atoms with Crippen LogP contribution in [-0.4, -0.2) is 27.4 Å². The van der Waals surface area contributed by atoms with Crippen molar-refractivity contribution >= 4 is 8.56 Å². The van der Waals surface area contributed by atoms with Gasteiger partial charge in [0.05, 0.1) is 25.4 Å². The molecule has 3 nitrogen and oxygen atoms in total. The monoisotopic (exact) mass is 416 g/mol. The molecule has 0 amide bonds. The Morgan fingerprint density at radius 3 is 2.48 bits per heavy atom. The molecule has 0 spiro atoms. The van der Waals surface area contributed by atoms with Gasteiger partial charge in [0, 0.05) is 5.92 Å². The second-order valence-electron chi connectivity index (χ2n) is 9.87. The van der Waals surface area contributed by atoms with Crippen molar-refractivity contribution in [2.75, 3.05) is 6.61 Å². The summed E-state index contributed by atoms with van der Waals surface area (Å²) in [6.07, 6.45) is 9.80. The van der Waals surface area contributed by atoms with Gasteiger partial charge in [-0.15, -0.1) is 0 Å². The summed E-state index contributed by atoms with van der Waals surface area (Å²) in [6.45, 7) is 12.9. The van der Waals surface area contributed by atoms with E-state index in [-0.39, 0.29) is 6.10 Å². The van der Waals surface area contributed by atoms with Crippen LogP contribution in [0.2, 0.25) is 13.1 Å². The van der Waals surface area contributed by atoms with E-state index in [1.165, 1.54) is 24.8 Å². The molecule has 3 rings (SSSR count). The number of hydrogen-bond acceptors (Lipinski definition) is 3. The summed E-state index contributed by atoms with van der Waals surface area (Å²) in [4.78, 5) is 0. The van der Waals surface area contributed by atoms with Gasteiger partial charge in [-0.05, 0) is 55.7 Å². The van der Waals surface area contributed by atoms with Crippen molar-refractivity contribution in [3.63, 3.8) is 0 Å². The summed E-state index contributed by atoms with van der Waals surface area (Å²) in [5.41, 5.74) is 1.22. The number of rotatable bonds is 9. The van der Waals surface area contributed by atoms with Crippen molar-refractivity contribution in [3.05, 3.63) is 48.0 Å². The van der Waals surface area contributed by atoms with Crippen LogP contribution in [0.5, 0.6) is 0 Å². The Bertz CT molecular complexity index is 643. The summed E-state index contributed by atoms with van der Waals surface area (Å²) >= 11 is 0. The summed E-state index contributed by atoms with van der Waals surface area (Å²) in [7, 11) is -2.21. The fourth-order valence-electron chi connectivity index (χ4n) is 4.88. The molecule has 0 saturated heterocycles. The van der Waals surface area contributed by atoms with E-state index in [9.17, 15) is 0 Å². The van der Waals surface area contributed by atoms with E-state index in [0.717, 1.165) is 12.3 Å². The highest BCUT2D eigenvalue weighted by molar-refractivity contribution is 6.64. The van der Waals surface area contributed by atoms with Gasteiger partial charge in [-0.2, -0.15) is 0 Å². The van der Waals surface area contributed by atoms with Crippen molar-refractivity contribution in [2.45, 2.75) is 78.4 Å².